The Morgan fingerprint density at radius 2 is 2.39 bits per heavy atom. The van der Waals surface area contributed by atoms with Crippen LogP contribution in [0, 0.1) is 21.4 Å². The zero-order valence-electron chi connectivity index (χ0n) is 9.70. The van der Waals surface area contributed by atoms with Crippen molar-refractivity contribution in [3.63, 3.8) is 0 Å². The van der Waals surface area contributed by atoms with Gasteiger partial charge in [-0.2, -0.15) is 5.26 Å². The molecule has 6 heteroatoms. The summed E-state index contributed by atoms with van der Waals surface area (Å²) in [5.74, 6) is 0.405. The number of nitro groups is 1. The number of ether oxygens (including phenoxy) is 1. The number of nitro benzene ring substituents is 1. The van der Waals surface area contributed by atoms with Gasteiger partial charge in [0.25, 0.3) is 5.69 Å². The molecule has 2 rings (SSSR count). The molecule has 6 nitrogen and oxygen atoms in total. The smallest absolute Gasteiger partial charge is 0.273 e. The molecule has 1 atom stereocenters. The van der Waals surface area contributed by atoms with Crippen molar-refractivity contribution < 1.29 is 9.66 Å². The second-order valence-corrected chi connectivity index (χ2v) is 4.19. The SMILES string of the molecule is N#CC(COc1cccc([N+](=O)[O-])c1)NC1CC1. The third-order valence-corrected chi connectivity index (χ3v) is 2.62. The number of non-ortho nitro benzene ring substituents is 1. The minimum Gasteiger partial charge on any atom is -0.491 e. The fraction of sp³-hybridized carbons (Fsp3) is 0.417. The summed E-state index contributed by atoms with van der Waals surface area (Å²) in [5.41, 5.74) is -0.0174. The molecule has 0 saturated heterocycles. The second kappa shape index (κ2) is 5.47. The van der Waals surface area contributed by atoms with Crippen LogP contribution in [0.5, 0.6) is 5.75 Å². The predicted octanol–water partition coefficient (Wildman–Crippen LogP) is 1.62. The van der Waals surface area contributed by atoms with Crippen LogP contribution in [-0.2, 0) is 0 Å². The van der Waals surface area contributed by atoms with Crippen LogP contribution in [0.2, 0.25) is 0 Å². The normalized spacial score (nSPS) is 15.7. The van der Waals surface area contributed by atoms with Gasteiger partial charge in [-0.15, -0.1) is 0 Å². The number of benzene rings is 1. The van der Waals surface area contributed by atoms with E-state index >= 15 is 0 Å². The lowest BCUT2D eigenvalue weighted by Crippen LogP contribution is -2.34. The van der Waals surface area contributed by atoms with Crippen LogP contribution in [0.4, 0.5) is 5.69 Å². The molecular weight excluding hydrogens is 234 g/mol. The molecule has 0 heterocycles. The minimum absolute atomic E-state index is 0.0174. The summed E-state index contributed by atoms with van der Waals surface area (Å²) in [7, 11) is 0. The fourth-order valence-electron chi connectivity index (χ4n) is 1.52. The Morgan fingerprint density at radius 3 is 3.00 bits per heavy atom. The molecule has 0 spiro atoms. The molecule has 1 aromatic carbocycles. The lowest BCUT2D eigenvalue weighted by atomic mass is 10.3. The molecule has 1 unspecified atom stereocenters. The number of nitrogens with zero attached hydrogens (tertiary/aromatic N) is 2. The molecule has 1 N–H and O–H groups in total. The molecule has 0 radical (unpaired) electrons. The maximum Gasteiger partial charge on any atom is 0.273 e. The summed E-state index contributed by atoms with van der Waals surface area (Å²) in [4.78, 5) is 10.1. The van der Waals surface area contributed by atoms with Crippen LogP contribution < -0.4 is 10.1 Å². The molecule has 18 heavy (non-hydrogen) atoms. The van der Waals surface area contributed by atoms with Crippen LogP contribution in [-0.4, -0.2) is 23.6 Å². The average Bonchev–Trinajstić information content (AvgIpc) is 3.18. The summed E-state index contributed by atoms with van der Waals surface area (Å²) >= 11 is 0. The Labute approximate surface area is 104 Å². The van der Waals surface area contributed by atoms with E-state index in [1.807, 2.05) is 0 Å². The zero-order valence-corrected chi connectivity index (χ0v) is 9.70. The van der Waals surface area contributed by atoms with Crippen molar-refractivity contribution in [2.45, 2.75) is 24.9 Å². The first-order valence-corrected chi connectivity index (χ1v) is 5.72. The van der Waals surface area contributed by atoms with E-state index in [0.29, 0.717) is 11.8 Å². The second-order valence-electron chi connectivity index (χ2n) is 4.19. The van der Waals surface area contributed by atoms with Crippen molar-refractivity contribution in [3.05, 3.63) is 34.4 Å². The van der Waals surface area contributed by atoms with Crippen LogP contribution in [0.1, 0.15) is 12.8 Å². The van der Waals surface area contributed by atoms with Crippen molar-refractivity contribution in [3.8, 4) is 11.8 Å². The third-order valence-electron chi connectivity index (χ3n) is 2.62. The first-order valence-electron chi connectivity index (χ1n) is 5.72. The summed E-state index contributed by atoms with van der Waals surface area (Å²) < 4.78 is 5.39. The van der Waals surface area contributed by atoms with Gasteiger partial charge >= 0.3 is 0 Å². The number of nitriles is 1. The molecule has 1 saturated carbocycles. The molecule has 1 aliphatic rings. The van der Waals surface area contributed by atoms with Gasteiger partial charge in [-0.25, -0.2) is 0 Å². The van der Waals surface area contributed by atoms with Gasteiger partial charge in [0.1, 0.15) is 18.4 Å². The van der Waals surface area contributed by atoms with Crippen molar-refractivity contribution in [1.29, 1.82) is 5.26 Å². The number of nitrogens with one attached hydrogen (secondary N) is 1. The molecule has 1 fully saturated rings. The molecule has 94 valence electrons. The van der Waals surface area contributed by atoms with Crippen molar-refractivity contribution >= 4 is 5.69 Å². The topological polar surface area (TPSA) is 88.2 Å². The number of hydrogen-bond donors (Lipinski definition) is 1. The van der Waals surface area contributed by atoms with E-state index in [-0.39, 0.29) is 18.3 Å². The Balaban J connectivity index is 1.90. The average molecular weight is 247 g/mol. The molecular formula is C12H13N3O3. The van der Waals surface area contributed by atoms with Crippen molar-refractivity contribution in [2.75, 3.05) is 6.61 Å². The van der Waals surface area contributed by atoms with Gasteiger partial charge in [0.05, 0.1) is 17.1 Å². The van der Waals surface area contributed by atoms with E-state index in [4.69, 9.17) is 10.00 Å². The summed E-state index contributed by atoms with van der Waals surface area (Å²) in [6.45, 7) is 0.189. The highest BCUT2D eigenvalue weighted by molar-refractivity contribution is 5.37. The third kappa shape index (κ3) is 3.43. The minimum atomic E-state index is -0.475. The zero-order chi connectivity index (χ0) is 13.0. The van der Waals surface area contributed by atoms with E-state index in [0.717, 1.165) is 12.8 Å². The van der Waals surface area contributed by atoms with Gasteiger partial charge in [-0.3, -0.25) is 15.4 Å². The lowest BCUT2D eigenvalue weighted by molar-refractivity contribution is -0.384. The van der Waals surface area contributed by atoms with E-state index in [1.165, 1.54) is 12.1 Å². The Bertz CT molecular complexity index is 480. The maximum atomic E-state index is 10.6. The van der Waals surface area contributed by atoms with Gasteiger partial charge < -0.3 is 4.74 Å². The van der Waals surface area contributed by atoms with E-state index in [2.05, 4.69) is 11.4 Å². The fourth-order valence-corrected chi connectivity index (χ4v) is 1.52. The first-order chi connectivity index (χ1) is 8.69. The van der Waals surface area contributed by atoms with Crippen LogP contribution in [0.15, 0.2) is 24.3 Å². The molecule has 0 amide bonds. The summed E-state index contributed by atoms with van der Waals surface area (Å²) in [5, 5.41) is 22.6. The monoisotopic (exact) mass is 247 g/mol. The van der Waals surface area contributed by atoms with Crippen LogP contribution >= 0.6 is 0 Å². The highest BCUT2D eigenvalue weighted by atomic mass is 16.6. The van der Waals surface area contributed by atoms with Crippen LogP contribution in [0.3, 0.4) is 0 Å². The Kier molecular flexibility index (Phi) is 3.75. The van der Waals surface area contributed by atoms with Crippen LogP contribution in [0.25, 0.3) is 0 Å². The van der Waals surface area contributed by atoms with Gasteiger partial charge in [0, 0.05) is 12.1 Å². The van der Waals surface area contributed by atoms with Crippen molar-refractivity contribution in [1.82, 2.24) is 5.32 Å². The Morgan fingerprint density at radius 1 is 1.61 bits per heavy atom. The summed E-state index contributed by atoms with van der Waals surface area (Å²) in [6, 6.07) is 8.10. The van der Waals surface area contributed by atoms with Gasteiger partial charge in [-0.05, 0) is 18.9 Å². The van der Waals surface area contributed by atoms with Gasteiger partial charge in [0.2, 0.25) is 0 Å². The maximum absolute atomic E-state index is 10.6. The highest BCUT2D eigenvalue weighted by Gasteiger charge is 2.24. The molecule has 1 aromatic rings. The standard InChI is InChI=1S/C12H13N3O3/c13-7-10(14-9-4-5-9)8-18-12-3-1-2-11(6-12)15(16)17/h1-3,6,9-10,14H,4-5,8H2. The van der Waals surface area contributed by atoms with E-state index in [1.54, 1.807) is 12.1 Å². The Hall–Kier alpha value is -2.13. The molecule has 0 aromatic heterocycles. The molecule has 1 aliphatic carbocycles. The largest absolute Gasteiger partial charge is 0.491 e. The highest BCUT2D eigenvalue weighted by Crippen LogP contribution is 2.21. The van der Waals surface area contributed by atoms with Crippen molar-refractivity contribution in [2.24, 2.45) is 0 Å². The van der Waals surface area contributed by atoms with E-state index < -0.39 is 4.92 Å². The van der Waals surface area contributed by atoms with Gasteiger partial charge in [-0.1, -0.05) is 6.07 Å². The number of rotatable bonds is 6. The molecule has 0 bridgehead atoms. The summed E-state index contributed by atoms with van der Waals surface area (Å²) in [6.07, 6.45) is 2.18. The lowest BCUT2D eigenvalue weighted by Gasteiger charge is -2.12. The predicted molar refractivity (Wildman–Crippen MR) is 64.2 cm³/mol. The molecule has 0 aliphatic heterocycles. The number of hydrogen-bond acceptors (Lipinski definition) is 5. The first kappa shape index (κ1) is 12.3. The quantitative estimate of drug-likeness (QED) is 0.609. The van der Waals surface area contributed by atoms with E-state index in [9.17, 15) is 10.1 Å². The van der Waals surface area contributed by atoms with Gasteiger partial charge in [0.15, 0.2) is 0 Å².